The maximum absolute atomic E-state index is 10.4. The molecule has 0 aromatic rings. The van der Waals surface area contributed by atoms with E-state index < -0.39 is 0 Å². The molecule has 120 valence electrons. The second-order valence-corrected chi connectivity index (χ2v) is 4.74. The first-order valence-corrected chi connectivity index (χ1v) is 7.81. The van der Waals surface area contributed by atoms with E-state index in [4.69, 9.17) is 4.74 Å². The minimum Gasteiger partial charge on any atom is -0.466 e. The quantitative estimate of drug-likeness (QED) is 0.445. The van der Waals surface area contributed by atoms with Crippen molar-refractivity contribution in [3.05, 3.63) is 0 Å². The fourth-order valence-corrected chi connectivity index (χ4v) is 1.66. The molecule has 0 fully saturated rings. The van der Waals surface area contributed by atoms with E-state index in [0.29, 0.717) is 13.2 Å². The Labute approximate surface area is 124 Å². The van der Waals surface area contributed by atoms with Gasteiger partial charge in [0.05, 0.1) is 13.2 Å². The van der Waals surface area contributed by atoms with E-state index in [1.807, 2.05) is 0 Å². The Bertz CT molecular complexity index is 227. The molecular formula is C16H32O4. The van der Waals surface area contributed by atoms with Crippen molar-refractivity contribution in [2.75, 3.05) is 13.2 Å². The van der Waals surface area contributed by atoms with E-state index in [0.717, 1.165) is 6.42 Å². The van der Waals surface area contributed by atoms with Crippen molar-refractivity contribution >= 4 is 11.9 Å². The van der Waals surface area contributed by atoms with Crippen molar-refractivity contribution in [2.45, 2.75) is 79.1 Å². The smallest absolute Gasteiger partial charge is 0.302 e. The van der Waals surface area contributed by atoms with Gasteiger partial charge in [-0.1, -0.05) is 51.9 Å². The number of unbranched alkanes of at least 4 members (excludes halogenated alkanes) is 7. The van der Waals surface area contributed by atoms with Gasteiger partial charge in [-0.05, 0) is 13.3 Å². The van der Waals surface area contributed by atoms with Crippen LogP contribution in [0.1, 0.15) is 79.1 Å². The lowest BCUT2D eigenvalue weighted by Gasteiger charge is -2.02. The summed E-state index contributed by atoms with van der Waals surface area (Å²) in [6.45, 7) is 7.95. The molecule has 0 unspecified atom stereocenters. The van der Waals surface area contributed by atoms with E-state index in [2.05, 4.69) is 11.7 Å². The van der Waals surface area contributed by atoms with Crippen LogP contribution in [-0.4, -0.2) is 25.2 Å². The van der Waals surface area contributed by atoms with Gasteiger partial charge in [0.15, 0.2) is 0 Å². The SMILES string of the molecule is CCCCCCCCCCOC(C)=O.CCOC(C)=O. The fraction of sp³-hybridized carbons (Fsp3) is 0.875. The molecule has 0 bridgehead atoms. The number of rotatable bonds is 10. The topological polar surface area (TPSA) is 52.6 Å². The molecule has 0 aliphatic rings. The zero-order valence-corrected chi connectivity index (χ0v) is 13.7. The highest BCUT2D eigenvalue weighted by atomic mass is 16.5. The van der Waals surface area contributed by atoms with Crippen LogP contribution in [-0.2, 0) is 19.1 Å². The molecular weight excluding hydrogens is 256 g/mol. The third-order valence-electron chi connectivity index (χ3n) is 2.65. The van der Waals surface area contributed by atoms with Crippen LogP contribution < -0.4 is 0 Å². The summed E-state index contributed by atoms with van der Waals surface area (Å²) in [5, 5.41) is 0. The first kappa shape index (κ1) is 21.2. The summed E-state index contributed by atoms with van der Waals surface area (Å²) >= 11 is 0. The zero-order chi connectivity index (χ0) is 15.6. The van der Waals surface area contributed by atoms with Crippen LogP contribution in [0.2, 0.25) is 0 Å². The van der Waals surface area contributed by atoms with Gasteiger partial charge in [0, 0.05) is 13.8 Å². The molecule has 0 aliphatic carbocycles. The maximum Gasteiger partial charge on any atom is 0.302 e. The van der Waals surface area contributed by atoms with Gasteiger partial charge >= 0.3 is 11.9 Å². The van der Waals surface area contributed by atoms with Crippen LogP contribution >= 0.6 is 0 Å². The summed E-state index contributed by atoms with van der Waals surface area (Å²) in [5.41, 5.74) is 0. The first-order valence-electron chi connectivity index (χ1n) is 7.81. The second kappa shape index (κ2) is 17.9. The molecule has 0 amide bonds. The van der Waals surface area contributed by atoms with Gasteiger partial charge in [-0.15, -0.1) is 0 Å². The van der Waals surface area contributed by atoms with Crippen LogP contribution in [0, 0.1) is 0 Å². The molecule has 0 N–H and O–H groups in total. The Hall–Kier alpha value is -1.06. The average Bonchev–Trinajstić information content (AvgIpc) is 2.37. The number of ether oxygens (including phenoxy) is 2. The van der Waals surface area contributed by atoms with Gasteiger partial charge < -0.3 is 9.47 Å². The van der Waals surface area contributed by atoms with Crippen LogP contribution in [0.3, 0.4) is 0 Å². The number of hydrogen-bond donors (Lipinski definition) is 0. The monoisotopic (exact) mass is 288 g/mol. The molecule has 0 radical (unpaired) electrons. The van der Waals surface area contributed by atoms with Crippen LogP contribution in [0.5, 0.6) is 0 Å². The van der Waals surface area contributed by atoms with Crippen molar-refractivity contribution in [3.8, 4) is 0 Å². The van der Waals surface area contributed by atoms with Crippen molar-refractivity contribution in [1.82, 2.24) is 0 Å². The van der Waals surface area contributed by atoms with Crippen molar-refractivity contribution in [2.24, 2.45) is 0 Å². The fourth-order valence-electron chi connectivity index (χ4n) is 1.66. The third kappa shape index (κ3) is 25.7. The van der Waals surface area contributed by atoms with Gasteiger partial charge in [0.2, 0.25) is 0 Å². The molecule has 0 heterocycles. The Morgan fingerprint density at radius 1 is 0.700 bits per heavy atom. The maximum atomic E-state index is 10.4. The van der Waals surface area contributed by atoms with Crippen LogP contribution in [0.4, 0.5) is 0 Å². The molecule has 0 aromatic heterocycles. The largest absolute Gasteiger partial charge is 0.466 e. The highest BCUT2D eigenvalue weighted by Crippen LogP contribution is 2.08. The minimum absolute atomic E-state index is 0.159. The molecule has 0 spiro atoms. The summed E-state index contributed by atoms with van der Waals surface area (Å²) in [4.78, 5) is 20.3. The number of esters is 2. The van der Waals surface area contributed by atoms with E-state index in [1.54, 1.807) is 6.92 Å². The lowest BCUT2D eigenvalue weighted by molar-refractivity contribution is -0.141. The Kier molecular flexibility index (Phi) is 19.1. The molecule has 0 atom stereocenters. The standard InChI is InChI=1S/C12H24O2.C4H8O2/c1-3-4-5-6-7-8-9-10-11-14-12(2)13;1-3-6-4(2)5/h3-11H2,1-2H3;3H2,1-2H3. The molecule has 0 saturated carbocycles. The van der Waals surface area contributed by atoms with E-state index in [1.165, 1.54) is 58.8 Å². The van der Waals surface area contributed by atoms with Gasteiger partial charge in [0.25, 0.3) is 0 Å². The highest BCUT2D eigenvalue weighted by molar-refractivity contribution is 5.66. The van der Waals surface area contributed by atoms with E-state index in [-0.39, 0.29) is 11.9 Å². The number of carbonyl (C=O) groups is 2. The molecule has 0 aliphatic heterocycles. The van der Waals surface area contributed by atoms with Gasteiger partial charge in [0.1, 0.15) is 0 Å². The first-order chi connectivity index (χ1) is 9.54. The Morgan fingerprint density at radius 2 is 1.15 bits per heavy atom. The highest BCUT2D eigenvalue weighted by Gasteiger charge is 1.93. The van der Waals surface area contributed by atoms with Gasteiger partial charge in [-0.3, -0.25) is 9.59 Å². The van der Waals surface area contributed by atoms with Crippen molar-refractivity contribution < 1.29 is 19.1 Å². The minimum atomic E-state index is -0.211. The van der Waals surface area contributed by atoms with E-state index in [9.17, 15) is 9.59 Å². The summed E-state index contributed by atoms with van der Waals surface area (Å²) in [6, 6.07) is 0. The Balaban J connectivity index is 0. The molecule has 0 rings (SSSR count). The predicted octanol–water partition coefficient (Wildman–Crippen LogP) is 4.26. The number of hydrogen-bond acceptors (Lipinski definition) is 4. The van der Waals surface area contributed by atoms with Crippen LogP contribution in [0.15, 0.2) is 0 Å². The van der Waals surface area contributed by atoms with E-state index >= 15 is 0 Å². The lowest BCUT2D eigenvalue weighted by Crippen LogP contribution is -1.99. The summed E-state index contributed by atoms with van der Waals surface area (Å²) < 4.78 is 9.25. The lowest BCUT2D eigenvalue weighted by atomic mass is 10.1. The summed E-state index contributed by atoms with van der Waals surface area (Å²) in [6.07, 6.45) is 10.2. The third-order valence-corrected chi connectivity index (χ3v) is 2.65. The Morgan fingerprint density at radius 3 is 1.50 bits per heavy atom. The second-order valence-electron chi connectivity index (χ2n) is 4.74. The van der Waals surface area contributed by atoms with Gasteiger partial charge in [-0.2, -0.15) is 0 Å². The molecule has 4 nitrogen and oxygen atoms in total. The predicted molar refractivity (Wildman–Crippen MR) is 81.6 cm³/mol. The van der Waals surface area contributed by atoms with Crippen LogP contribution in [0.25, 0.3) is 0 Å². The normalized spacial score (nSPS) is 9.40. The van der Waals surface area contributed by atoms with Crippen molar-refractivity contribution in [3.63, 3.8) is 0 Å². The zero-order valence-electron chi connectivity index (χ0n) is 13.7. The van der Waals surface area contributed by atoms with Gasteiger partial charge in [-0.25, -0.2) is 0 Å². The average molecular weight is 288 g/mol. The summed E-state index contributed by atoms with van der Waals surface area (Å²) in [5.74, 6) is -0.370. The van der Waals surface area contributed by atoms with Crippen molar-refractivity contribution in [1.29, 1.82) is 0 Å². The molecule has 0 saturated heterocycles. The number of carbonyl (C=O) groups excluding carboxylic acids is 2. The molecule has 0 aromatic carbocycles. The molecule has 4 heteroatoms. The molecule has 20 heavy (non-hydrogen) atoms. The summed E-state index contributed by atoms with van der Waals surface area (Å²) in [7, 11) is 0.